The van der Waals surface area contributed by atoms with Crippen molar-refractivity contribution in [3.8, 4) is 0 Å². The molecule has 0 spiro atoms. The molecule has 0 unspecified atom stereocenters. The smallest absolute Gasteiger partial charge is 0.0268 e. The Kier molecular flexibility index (Phi) is 3.21. The minimum absolute atomic E-state index is 0.830. The number of rotatable bonds is 2. The highest BCUT2D eigenvalue weighted by molar-refractivity contribution is 9.10. The van der Waals surface area contributed by atoms with Crippen LogP contribution in [0.15, 0.2) is 35.1 Å². The number of piperidine rings is 1. The standard InChI is InChI=1S/C14H17BrN2/c15-14-3-1-2-12-9-17(10-13(12)14)8-11-4-6-16-7-5-11/h1-3,9-11,16H,4-8H2. The van der Waals surface area contributed by atoms with E-state index in [2.05, 4.69) is 56.4 Å². The van der Waals surface area contributed by atoms with Crippen molar-refractivity contribution in [3.63, 3.8) is 0 Å². The molecule has 0 amide bonds. The molecular weight excluding hydrogens is 276 g/mol. The van der Waals surface area contributed by atoms with Crippen molar-refractivity contribution < 1.29 is 0 Å². The molecule has 0 atom stereocenters. The highest BCUT2D eigenvalue weighted by atomic mass is 79.9. The lowest BCUT2D eigenvalue weighted by atomic mass is 9.98. The van der Waals surface area contributed by atoms with Crippen LogP contribution in [0.25, 0.3) is 10.8 Å². The third-order valence-electron chi connectivity index (χ3n) is 3.61. The lowest BCUT2D eigenvalue weighted by Gasteiger charge is -2.22. The lowest BCUT2D eigenvalue weighted by Crippen LogP contribution is -2.29. The number of benzene rings is 1. The first kappa shape index (κ1) is 11.3. The van der Waals surface area contributed by atoms with Crippen molar-refractivity contribution in [3.05, 3.63) is 35.1 Å². The van der Waals surface area contributed by atoms with E-state index < -0.39 is 0 Å². The van der Waals surface area contributed by atoms with E-state index in [1.165, 1.54) is 41.2 Å². The molecule has 0 aliphatic carbocycles. The van der Waals surface area contributed by atoms with E-state index in [9.17, 15) is 0 Å². The van der Waals surface area contributed by atoms with Crippen molar-refractivity contribution in [1.29, 1.82) is 0 Å². The first-order valence-electron chi connectivity index (χ1n) is 6.27. The van der Waals surface area contributed by atoms with Gasteiger partial charge in [0.25, 0.3) is 0 Å². The molecule has 3 heteroatoms. The van der Waals surface area contributed by atoms with Crippen LogP contribution < -0.4 is 5.32 Å². The molecule has 2 aromatic rings. The molecule has 1 aromatic carbocycles. The van der Waals surface area contributed by atoms with Crippen LogP contribution >= 0.6 is 15.9 Å². The SMILES string of the molecule is Brc1cccc2cn(CC3CCNCC3)cc12. The van der Waals surface area contributed by atoms with Crippen molar-refractivity contribution in [2.24, 2.45) is 5.92 Å². The summed E-state index contributed by atoms with van der Waals surface area (Å²) in [5.74, 6) is 0.830. The largest absolute Gasteiger partial charge is 0.353 e. The van der Waals surface area contributed by atoms with Crippen LogP contribution in [0.4, 0.5) is 0 Å². The zero-order chi connectivity index (χ0) is 11.7. The summed E-state index contributed by atoms with van der Waals surface area (Å²) < 4.78 is 3.55. The summed E-state index contributed by atoms with van der Waals surface area (Å²) >= 11 is 3.61. The van der Waals surface area contributed by atoms with Crippen molar-refractivity contribution in [2.45, 2.75) is 19.4 Å². The van der Waals surface area contributed by atoms with Gasteiger partial charge in [-0.1, -0.05) is 28.1 Å². The number of hydrogen-bond donors (Lipinski definition) is 1. The summed E-state index contributed by atoms with van der Waals surface area (Å²) in [6.07, 6.45) is 7.13. The van der Waals surface area contributed by atoms with Crippen molar-refractivity contribution in [2.75, 3.05) is 13.1 Å². The molecule has 1 saturated heterocycles. The Hall–Kier alpha value is -0.800. The van der Waals surface area contributed by atoms with Crippen molar-refractivity contribution >= 4 is 26.7 Å². The number of fused-ring (bicyclic) bond motifs is 1. The first-order chi connectivity index (χ1) is 8.33. The summed E-state index contributed by atoms with van der Waals surface area (Å²) in [5, 5.41) is 6.07. The van der Waals surface area contributed by atoms with E-state index in [1.54, 1.807) is 0 Å². The van der Waals surface area contributed by atoms with Gasteiger partial charge in [-0.3, -0.25) is 0 Å². The van der Waals surface area contributed by atoms with Gasteiger partial charge in [-0.25, -0.2) is 0 Å². The molecule has 0 saturated carbocycles. The number of halogens is 1. The van der Waals surface area contributed by atoms with Crippen LogP contribution in [0, 0.1) is 5.92 Å². The number of aromatic nitrogens is 1. The van der Waals surface area contributed by atoms with E-state index in [0.29, 0.717) is 0 Å². The van der Waals surface area contributed by atoms with Crippen molar-refractivity contribution in [1.82, 2.24) is 9.88 Å². The molecule has 3 rings (SSSR count). The van der Waals surface area contributed by atoms with Crippen LogP contribution in [-0.2, 0) is 6.54 Å². The Morgan fingerprint density at radius 2 is 2.06 bits per heavy atom. The fourth-order valence-corrected chi connectivity index (χ4v) is 3.14. The summed E-state index contributed by atoms with van der Waals surface area (Å²) in [5.41, 5.74) is 0. The maximum absolute atomic E-state index is 3.61. The second-order valence-electron chi connectivity index (χ2n) is 4.89. The molecule has 1 aliphatic heterocycles. The fraction of sp³-hybridized carbons (Fsp3) is 0.429. The van der Waals surface area contributed by atoms with Gasteiger partial charge in [-0.2, -0.15) is 0 Å². The molecule has 1 aromatic heterocycles. The van der Waals surface area contributed by atoms with Gasteiger partial charge in [0.15, 0.2) is 0 Å². The Balaban J connectivity index is 1.83. The number of nitrogens with one attached hydrogen (secondary N) is 1. The second kappa shape index (κ2) is 4.83. The van der Waals surface area contributed by atoms with E-state index >= 15 is 0 Å². The predicted octanol–water partition coefficient (Wildman–Crippen LogP) is 3.40. The molecule has 2 heterocycles. The predicted molar refractivity (Wildman–Crippen MR) is 75.2 cm³/mol. The Labute approximate surface area is 110 Å². The Morgan fingerprint density at radius 1 is 1.24 bits per heavy atom. The summed E-state index contributed by atoms with van der Waals surface area (Å²) in [6.45, 7) is 3.51. The van der Waals surface area contributed by atoms with Crippen LogP contribution in [0.3, 0.4) is 0 Å². The van der Waals surface area contributed by atoms with E-state index in [4.69, 9.17) is 0 Å². The monoisotopic (exact) mass is 292 g/mol. The van der Waals surface area contributed by atoms with Crippen LogP contribution in [-0.4, -0.2) is 17.7 Å². The van der Waals surface area contributed by atoms with Gasteiger partial charge in [-0.05, 0) is 37.9 Å². The quantitative estimate of drug-likeness (QED) is 0.898. The average molecular weight is 293 g/mol. The molecule has 0 bridgehead atoms. The van der Waals surface area contributed by atoms with E-state index in [1.807, 2.05) is 0 Å². The third-order valence-corrected chi connectivity index (χ3v) is 4.31. The van der Waals surface area contributed by atoms with Gasteiger partial charge >= 0.3 is 0 Å². The van der Waals surface area contributed by atoms with Gasteiger partial charge in [-0.15, -0.1) is 0 Å². The maximum Gasteiger partial charge on any atom is 0.0268 e. The molecule has 90 valence electrons. The average Bonchev–Trinajstić information content (AvgIpc) is 2.74. The highest BCUT2D eigenvalue weighted by Gasteiger charge is 2.13. The maximum atomic E-state index is 3.61. The van der Waals surface area contributed by atoms with Gasteiger partial charge < -0.3 is 9.88 Å². The number of nitrogens with zero attached hydrogens (tertiary/aromatic N) is 1. The minimum atomic E-state index is 0.830. The molecule has 1 N–H and O–H groups in total. The zero-order valence-electron chi connectivity index (χ0n) is 9.82. The lowest BCUT2D eigenvalue weighted by molar-refractivity contribution is 0.334. The molecule has 0 radical (unpaired) electrons. The minimum Gasteiger partial charge on any atom is -0.353 e. The Morgan fingerprint density at radius 3 is 2.82 bits per heavy atom. The summed E-state index contributed by atoms with van der Waals surface area (Å²) in [7, 11) is 0. The van der Waals surface area contributed by atoms with Crippen LogP contribution in [0.2, 0.25) is 0 Å². The second-order valence-corrected chi connectivity index (χ2v) is 5.75. The van der Waals surface area contributed by atoms with E-state index in [-0.39, 0.29) is 0 Å². The third kappa shape index (κ3) is 2.40. The van der Waals surface area contributed by atoms with E-state index in [0.717, 1.165) is 12.5 Å². The normalized spacial score (nSPS) is 17.7. The molecule has 17 heavy (non-hydrogen) atoms. The summed E-state index contributed by atoms with van der Waals surface area (Å²) in [6, 6.07) is 6.39. The molecule has 2 nitrogen and oxygen atoms in total. The van der Waals surface area contributed by atoms with Crippen LogP contribution in [0.5, 0.6) is 0 Å². The zero-order valence-corrected chi connectivity index (χ0v) is 11.4. The topological polar surface area (TPSA) is 17.0 Å². The molecular formula is C14H17BrN2. The highest BCUT2D eigenvalue weighted by Crippen LogP contribution is 2.25. The van der Waals surface area contributed by atoms with Gasteiger partial charge in [0, 0.05) is 34.2 Å². The van der Waals surface area contributed by atoms with Gasteiger partial charge in [0.1, 0.15) is 0 Å². The molecule has 1 fully saturated rings. The summed E-state index contributed by atoms with van der Waals surface area (Å²) in [4.78, 5) is 0. The van der Waals surface area contributed by atoms with Crippen LogP contribution in [0.1, 0.15) is 12.8 Å². The van der Waals surface area contributed by atoms with Gasteiger partial charge in [0.2, 0.25) is 0 Å². The first-order valence-corrected chi connectivity index (χ1v) is 7.07. The molecule has 1 aliphatic rings. The Bertz CT molecular complexity index is 512. The fourth-order valence-electron chi connectivity index (χ4n) is 2.65. The number of hydrogen-bond acceptors (Lipinski definition) is 1. The van der Waals surface area contributed by atoms with Gasteiger partial charge in [0.05, 0.1) is 0 Å².